The molecule has 6 heterocycles. The number of aromatic carboxylic acids is 1. The number of aromatic nitrogens is 4. The Morgan fingerprint density at radius 3 is 1.67 bits per heavy atom. The number of carbonyl (C=O) groups is 2. The minimum Gasteiger partial charge on any atom is -0.476 e. The van der Waals surface area contributed by atoms with Gasteiger partial charge in [-0.25, -0.2) is 19.6 Å². The minimum absolute atomic E-state index is 0.0742. The highest BCUT2D eigenvalue weighted by atomic mass is 16.5. The van der Waals surface area contributed by atoms with E-state index in [0.717, 1.165) is 87.0 Å². The first-order valence-corrected chi connectivity index (χ1v) is 27.9. The molecule has 2 aromatic heterocycles. The van der Waals surface area contributed by atoms with E-state index in [1.807, 2.05) is 28.8 Å². The average Bonchev–Trinajstić information content (AvgIpc) is 3.31. The second kappa shape index (κ2) is 19.5. The number of piperidine rings is 4. The number of ether oxygens (including phenoxy) is 1. The van der Waals surface area contributed by atoms with Crippen LogP contribution >= 0.6 is 0 Å². The van der Waals surface area contributed by atoms with Gasteiger partial charge < -0.3 is 19.0 Å². The normalized spacial score (nSPS) is 35.1. The van der Waals surface area contributed by atoms with Crippen LogP contribution < -0.4 is 15.9 Å². The number of hydrogen-bond donors (Lipinski definition) is 1. The number of esters is 1. The minimum atomic E-state index is -1.39. The van der Waals surface area contributed by atoms with E-state index in [9.17, 15) is 24.3 Å². The summed E-state index contributed by atoms with van der Waals surface area (Å²) < 4.78 is 9.55. The molecule has 7 fully saturated rings. The lowest BCUT2D eigenvalue weighted by Crippen LogP contribution is -2.59. The van der Waals surface area contributed by atoms with E-state index >= 15 is 0 Å². The van der Waals surface area contributed by atoms with Gasteiger partial charge in [0.2, 0.25) is 11.4 Å². The van der Waals surface area contributed by atoms with Crippen molar-refractivity contribution in [2.75, 3.05) is 0 Å². The number of para-hydroxylation sites is 2. The van der Waals surface area contributed by atoms with Crippen LogP contribution in [0, 0.1) is 41.4 Å². The maximum Gasteiger partial charge on any atom is 0.368 e. The van der Waals surface area contributed by atoms with Gasteiger partial charge in [-0.2, -0.15) is 0 Å². The second-order valence-electron chi connectivity index (χ2n) is 24.4. The van der Waals surface area contributed by atoms with Crippen LogP contribution in [-0.2, 0) is 0 Å². The van der Waals surface area contributed by atoms with Crippen molar-refractivity contribution in [1.29, 1.82) is 0 Å². The molecule has 6 bridgehead atoms. The zero-order valence-corrected chi connectivity index (χ0v) is 42.5. The quantitative estimate of drug-likeness (QED) is 0.127. The van der Waals surface area contributed by atoms with E-state index < -0.39 is 28.8 Å². The number of fused-ring (bicyclic) bond motifs is 8. The molecule has 0 radical (unpaired) electrons. The summed E-state index contributed by atoms with van der Waals surface area (Å²) in [4.78, 5) is 70.8. The Morgan fingerprint density at radius 2 is 1.13 bits per heavy atom. The monoisotopic (exact) mass is 955 g/mol. The molecule has 376 valence electrons. The molecular weight excluding hydrogens is 877 g/mol. The Balaban J connectivity index is 0.853. The summed E-state index contributed by atoms with van der Waals surface area (Å²) in [7, 11) is 0. The first-order valence-electron chi connectivity index (χ1n) is 27.9. The molecule has 12 nitrogen and oxygen atoms in total. The van der Waals surface area contributed by atoms with E-state index in [-0.39, 0.29) is 29.0 Å². The fourth-order valence-electron chi connectivity index (χ4n) is 16.6. The fraction of sp³-hybridized carbons (Fsp3) is 0.690. The molecular formula is C58H78N6O6. The summed E-state index contributed by atoms with van der Waals surface area (Å²) in [6.45, 7) is 12.0. The lowest BCUT2D eigenvalue weighted by atomic mass is 9.64. The Morgan fingerprint density at radius 1 is 0.614 bits per heavy atom. The fourth-order valence-corrected chi connectivity index (χ4v) is 16.6. The van der Waals surface area contributed by atoms with E-state index in [0.29, 0.717) is 65.0 Å². The Hall–Kier alpha value is -4.42. The lowest BCUT2D eigenvalue weighted by Gasteiger charge is -2.56. The SMILES string of the molecule is CCC1C[C@@H]2CC(N3[C@@H]4CCC[C@H]3CC(n3c(=O)c(C(=O)Oc5ccc6c(c5)nc(C(=O)O)c(=O)n6C5C[C@H]6CCC[C@@H](C5)N6C5C[C@H](C)CC(C(C)C)C[C@H](C)C5)nc5ccccc53)C4)C[C@H](C1)C2. The molecule has 14 atom stereocenters. The van der Waals surface area contributed by atoms with Gasteiger partial charge in [0.25, 0.3) is 11.1 Å². The van der Waals surface area contributed by atoms with E-state index in [4.69, 9.17) is 4.74 Å². The number of rotatable bonds is 9. The standard InChI is InChI=1S/C58H78N6O6/c1-6-36-23-37-25-38(24-36)27-45(26-37)62-42-13-10-14-43(62)31-46(30-42)63-51-16-8-7-15-49(51)59-54(56(63)66)58(69)70-48-17-18-52-50(32-48)60-53(57(67)68)55(65)64(52)47-28-40-11-9-12-41(29-47)61(40)44-21-34(4)19-39(33(2)3)20-35(5)22-44/h7-8,15-18,32-47H,6,9-14,19-31H2,1-5H3,(H,67,68)/t34-,35+,36?,37-,38+,39?,40-,41+,42-,43+,44?,45?,46?,47?. The third-order valence-corrected chi connectivity index (χ3v) is 19.3. The summed E-state index contributed by atoms with van der Waals surface area (Å²) in [5, 5.41) is 10.4. The Kier molecular flexibility index (Phi) is 13.4. The number of carbonyl (C=O) groups excluding carboxylic acids is 1. The molecule has 4 saturated heterocycles. The van der Waals surface area contributed by atoms with Gasteiger partial charge in [0.15, 0.2) is 0 Å². The molecule has 2 aromatic carbocycles. The Labute approximate surface area is 414 Å². The van der Waals surface area contributed by atoms with Crippen LogP contribution in [0.25, 0.3) is 22.1 Å². The van der Waals surface area contributed by atoms with E-state index in [2.05, 4.69) is 54.4 Å². The van der Waals surface area contributed by atoms with Gasteiger partial charge in [-0.3, -0.25) is 19.4 Å². The Bertz CT molecular complexity index is 2680. The largest absolute Gasteiger partial charge is 0.476 e. The summed E-state index contributed by atoms with van der Waals surface area (Å²) in [6.07, 6.45) is 23.0. The van der Waals surface area contributed by atoms with Gasteiger partial charge in [-0.1, -0.05) is 66.0 Å². The topological polar surface area (TPSA) is 140 Å². The van der Waals surface area contributed by atoms with Gasteiger partial charge in [0.1, 0.15) is 5.75 Å². The highest BCUT2D eigenvalue weighted by Gasteiger charge is 2.47. The zero-order valence-electron chi connectivity index (χ0n) is 42.5. The summed E-state index contributed by atoms with van der Waals surface area (Å²) in [5.74, 6) is 3.16. The van der Waals surface area contributed by atoms with Crippen LogP contribution in [0.4, 0.5) is 0 Å². The van der Waals surface area contributed by atoms with Crippen molar-refractivity contribution in [3.05, 3.63) is 74.6 Å². The summed E-state index contributed by atoms with van der Waals surface area (Å²) in [5.41, 5.74) is 0.211. The van der Waals surface area contributed by atoms with Crippen molar-refractivity contribution < 1.29 is 19.4 Å². The van der Waals surface area contributed by atoms with E-state index in [1.54, 1.807) is 16.7 Å². The van der Waals surface area contributed by atoms with Gasteiger partial charge in [-0.15, -0.1) is 0 Å². The maximum atomic E-state index is 14.8. The maximum absolute atomic E-state index is 14.8. The van der Waals surface area contributed by atoms with Crippen LogP contribution in [0.2, 0.25) is 0 Å². The molecule has 1 N–H and O–H groups in total. The number of nitrogens with zero attached hydrogens (tertiary/aromatic N) is 6. The highest BCUT2D eigenvalue weighted by Crippen LogP contribution is 2.50. The molecule has 12 heteroatoms. The predicted octanol–water partition coefficient (Wildman–Crippen LogP) is 11.2. The molecule has 4 aromatic rings. The molecule has 11 rings (SSSR count). The van der Waals surface area contributed by atoms with Gasteiger partial charge in [0, 0.05) is 54.4 Å². The van der Waals surface area contributed by atoms with Crippen LogP contribution in [-0.4, -0.2) is 82.2 Å². The summed E-state index contributed by atoms with van der Waals surface area (Å²) >= 11 is 0. The number of carboxylic acid groups (broad SMARTS) is 1. The van der Waals surface area contributed by atoms with Gasteiger partial charge in [-0.05, 0) is 175 Å². The average molecular weight is 955 g/mol. The molecule has 4 aliphatic heterocycles. The predicted molar refractivity (Wildman–Crippen MR) is 274 cm³/mol. The number of benzene rings is 2. The van der Waals surface area contributed by atoms with Crippen molar-refractivity contribution in [3.63, 3.8) is 0 Å². The molecule has 3 saturated carbocycles. The van der Waals surface area contributed by atoms with Crippen molar-refractivity contribution in [2.24, 2.45) is 41.4 Å². The summed E-state index contributed by atoms with van der Waals surface area (Å²) in [6, 6.07) is 14.8. The zero-order chi connectivity index (χ0) is 48.5. The van der Waals surface area contributed by atoms with Crippen LogP contribution in [0.1, 0.15) is 196 Å². The van der Waals surface area contributed by atoms with Gasteiger partial charge >= 0.3 is 11.9 Å². The molecule has 0 amide bonds. The van der Waals surface area contributed by atoms with Crippen molar-refractivity contribution >= 4 is 34.0 Å². The van der Waals surface area contributed by atoms with Crippen LogP contribution in [0.15, 0.2) is 52.1 Å². The smallest absolute Gasteiger partial charge is 0.368 e. The number of carboxylic acids is 1. The molecule has 7 aliphatic rings. The van der Waals surface area contributed by atoms with Crippen molar-refractivity contribution in [1.82, 2.24) is 28.9 Å². The van der Waals surface area contributed by atoms with Gasteiger partial charge in [0.05, 0.1) is 22.1 Å². The first kappa shape index (κ1) is 47.9. The third-order valence-electron chi connectivity index (χ3n) is 19.3. The molecule has 3 aliphatic carbocycles. The van der Waals surface area contributed by atoms with Crippen LogP contribution in [0.5, 0.6) is 5.75 Å². The second-order valence-corrected chi connectivity index (χ2v) is 24.4. The first-order chi connectivity index (χ1) is 33.8. The van der Waals surface area contributed by atoms with Crippen molar-refractivity contribution in [2.45, 2.75) is 211 Å². The molecule has 6 unspecified atom stereocenters. The molecule has 70 heavy (non-hydrogen) atoms. The van der Waals surface area contributed by atoms with Crippen molar-refractivity contribution in [3.8, 4) is 5.75 Å². The van der Waals surface area contributed by atoms with E-state index in [1.165, 1.54) is 76.7 Å². The highest BCUT2D eigenvalue weighted by molar-refractivity contribution is 5.92. The molecule has 0 spiro atoms. The lowest BCUT2D eigenvalue weighted by molar-refractivity contribution is -0.0534. The third kappa shape index (κ3) is 9.08. The number of hydrogen-bond acceptors (Lipinski definition) is 9. The van der Waals surface area contributed by atoms with Crippen LogP contribution in [0.3, 0.4) is 0 Å².